The molecule has 26 heavy (non-hydrogen) atoms. The van der Waals surface area contributed by atoms with Crippen LogP contribution >= 0.6 is 0 Å². The lowest BCUT2D eigenvalue weighted by molar-refractivity contribution is 0.0414. The van der Waals surface area contributed by atoms with Crippen LogP contribution in [-0.2, 0) is 7.05 Å². The highest BCUT2D eigenvalue weighted by atomic mass is 16.2. The van der Waals surface area contributed by atoms with E-state index in [9.17, 15) is 4.79 Å². The maximum Gasteiger partial charge on any atom is 0.272 e. The molecule has 2 fully saturated rings. The number of piperazine rings is 1. The van der Waals surface area contributed by atoms with Crippen molar-refractivity contribution in [3.05, 3.63) is 30.0 Å². The number of rotatable bonds is 4. The topological polar surface area (TPSA) is 53.4 Å². The van der Waals surface area contributed by atoms with Crippen molar-refractivity contribution in [2.75, 3.05) is 39.8 Å². The lowest BCUT2D eigenvalue weighted by atomic mass is 9.93. The first kappa shape index (κ1) is 17.5. The Kier molecular flexibility index (Phi) is 4.71. The molecule has 0 bridgehead atoms. The summed E-state index contributed by atoms with van der Waals surface area (Å²) in [7, 11) is 4.08. The highest BCUT2D eigenvalue weighted by molar-refractivity contribution is 6.04. The first-order valence-electron chi connectivity index (χ1n) is 9.73. The molecule has 0 spiro atoms. The number of fused-ring (bicyclic) bond motifs is 1. The number of hydrogen-bond donors (Lipinski definition) is 1. The monoisotopic (exact) mass is 355 g/mol. The highest BCUT2D eigenvalue weighted by Crippen LogP contribution is 2.35. The molecule has 4 rings (SSSR count). The van der Waals surface area contributed by atoms with E-state index in [4.69, 9.17) is 0 Å². The Labute approximate surface area is 155 Å². The van der Waals surface area contributed by atoms with E-state index in [1.54, 1.807) is 4.68 Å². The number of para-hydroxylation sites is 1. The van der Waals surface area contributed by atoms with Gasteiger partial charge in [-0.15, -0.1) is 0 Å². The summed E-state index contributed by atoms with van der Waals surface area (Å²) in [6.07, 6.45) is 4.88. The Bertz CT molecular complexity index is 785. The molecule has 2 aromatic rings. The summed E-state index contributed by atoms with van der Waals surface area (Å²) in [5.41, 5.74) is 1.66. The molecule has 6 nitrogen and oxygen atoms in total. The molecule has 2 aliphatic rings. The zero-order chi connectivity index (χ0) is 18.1. The molecule has 0 atom stereocenters. The maximum absolute atomic E-state index is 12.9. The number of benzene rings is 1. The summed E-state index contributed by atoms with van der Waals surface area (Å²) in [5, 5.41) is 8.61. The number of aromatic nitrogens is 2. The molecule has 2 heterocycles. The Morgan fingerprint density at radius 2 is 1.81 bits per heavy atom. The summed E-state index contributed by atoms with van der Waals surface area (Å²) in [4.78, 5) is 17.9. The van der Waals surface area contributed by atoms with Crippen molar-refractivity contribution in [3.8, 4) is 0 Å². The van der Waals surface area contributed by atoms with E-state index in [0.717, 1.165) is 43.6 Å². The zero-order valence-electron chi connectivity index (χ0n) is 15.9. The van der Waals surface area contributed by atoms with E-state index in [1.807, 2.05) is 31.3 Å². The van der Waals surface area contributed by atoms with E-state index in [1.165, 1.54) is 25.7 Å². The van der Waals surface area contributed by atoms with Gasteiger partial charge in [0.15, 0.2) is 5.69 Å². The van der Waals surface area contributed by atoms with Gasteiger partial charge in [0.2, 0.25) is 0 Å². The summed E-state index contributed by atoms with van der Waals surface area (Å²) in [5.74, 6) is -0.0535. The molecule has 1 saturated carbocycles. The number of nitrogens with zero attached hydrogens (tertiary/aromatic N) is 4. The van der Waals surface area contributed by atoms with Crippen LogP contribution in [0.1, 0.15) is 36.2 Å². The van der Waals surface area contributed by atoms with E-state index in [2.05, 4.69) is 27.3 Å². The van der Waals surface area contributed by atoms with E-state index in [-0.39, 0.29) is 11.4 Å². The average molecular weight is 355 g/mol. The Balaban J connectivity index is 1.50. The first-order chi connectivity index (χ1) is 12.6. The Hall–Kier alpha value is -1.92. The Morgan fingerprint density at radius 3 is 2.54 bits per heavy atom. The number of nitrogens with one attached hydrogen (secondary N) is 1. The van der Waals surface area contributed by atoms with Gasteiger partial charge in [-0.05, 0) is 26.0 Å². The summed E-state index contributed by atoms with van der Waals surface area (Å²) >= 11 is 0. The number of likely N-dealkylation sites (N-methyl/N-ethyl adjacent to an activating group) is 1. The standard InChI is InChI=1S/C20H29N5O/c1-23-11-13-25(14-12-23)20(9-5-6-10-20)15-21-19(26)18-16-7-3-4-8-17(16)24(2)22-18/h3-4,7-8H,5-6,9-15H2,1-2H3,(H,21,26). The minimum Gasteiger partial charge on any atom is -0.349 e. The van der Waals surface area contributed by atoms with Crippen LogP contribution in [0, 0.1) is 0 Å². The van der Waals surface area contributed by atoms with Gasteiger partial charge < -0.3 is 10.2 Å². The second-order valence-corrected chi connectivity index (χ2v) is 7.89. The van der Waals surface area contributed by atoms with Crippen LogP contribution in [0.5, 0.6) is 0 Å². The maximum atomic E-state index is 12.9. The molecule has 1 aliphatic carbocycles. The van der Waals surface area contributed by atoms with Gasteiger partial charge in [-0.25, -0.2) is 0 Å². The van der Waals surface area contributed by atoms with Gasteiger partial charge >= 0.3 is 0 Å². The van der Waals surface area contributed by atoms with E-state index < -0.39 is 0 Å². The van der Waals surface area contributed by atoms with Crippen molar-refractivity contribution < 1.29 is 4.79 Å². The van der Waals surface area contributed by atoms with Crippen molar-refractivity contribution in [2.24, 2.45) is 7.05 Å². The van der Waals surface area contributed by atoms with E-state index in [0.29, 0.717) is 5.69 Å². The van der Waals surface area contributed by atoms with Crippen LogP contribution in [0.2, 0.25) is 0 Å². The fourth-order valence-corrected chi connectivity index (χ4v) is 4.63. The van der Waals surface area contributed by atoms with E-state index >= 15 is 0 Å². The van der Waals surface area contributed by atoms with Crippen molar-refractivity contribution in [2.45, 2.75) is 31.2 Å². The van der Waals surface area contributed by atoms with Crippen LogP contribution < -0.4 is 5.32 Å². The van der Waals surface area contributed by atoms with Gasteiger partial charge in [-0.3, -0.25) is 14.4 Å². The molecule has 1 saturated heterocycles. The molecule has 0 unspecified atom stereocenters. The average Bonchev–Trinajstić information content (AvgIpc) is 3.27. The molecule has 6 heteroatoms. The van der Waals surface area contributed by atoms with Crippen LogP contribution in [-0.4, -0.2) is 70.8 Å². The van der Waals surface area contributed by atoms with Crippen molar-refractivity contribution >= 4 is 16.8 Å². The Morgan fingerprint density at radius 1 is 1.12 bits per heavy atom. The second-order valence-electron chi connectivity index (χ2n) is 7.89. The van der Waals surface area contributed by atoms with Gasteiger partial charge in [0.1, 0.15) is 0 Å². The molecule has 140 valence electrons. The lowest BCUT2D eigenvalue weighted by Crippen LogP contribution is -2.59. The largest absolute Gasteiger partial charge is 0.349 e. The molecule has 1 N–H and O–H groups in total. The van der Waals surface area contributed by atoms with Crippen molar-refractivity contribution in [1.82, 2.24) is 24.9 Å². The third kappa shape index (κ3) is 3.12. The summed E-state index contributed by atoms with van der Waals surface area (Å²) in [6, 6.07) is 7.92. The molecule has 0 radical (unpaired) electrons. The minimum absolute atomic E-state index is 0.0535. The highest BCUT2D eigenvalue weighted by Gasteiger charge is 2.40. The smallest absolute Gasteiger partial charge is 0.272 e. The van der Waals surface area contributed by atoms with Gasteiger partial charge in [0.25, 0.3) is 5.91 Å². The molecular formula is C20H29N5O. The predicted octanol–water partition coefficient (Wildman–Crippen LogP) is 1.86. The quantitative estimate of drug-likeness (QED) is 0.910. The normalized spacial score (nSPS) is 21.3. The number of carbonyl (C=O) groups excluding carboxylic acids is 1. The SMILES string of the molecule is CN1CCN(C2(CNC(=O)c3nn(C)c4ccccc34)CCCC2)CC1. The van der Waals surface area contributed by atoms with Gasteiger partial charge in [-0.2, -0.15) is 5.10 Å². The molecular weight excluding hydrogens is 326 g/mol. The van der Waals surface area contributed by atoms with Gasteiger partial charge in [0.05, 0.1) is 5.52 Å². The molecule has 1 aromatic carbocycles. The third-order valence-corrected chi connectivity index (χ3v) is 6.26. The van der Waals surface area contributed by atoms with Crippen molar-refractivity contribution in [3.63, 3.8) is 0 Å². The van der Waals surface area contributed by atoms with Crippen molar-refractivity contribution in [1.29, 1.82) is 0 Å². The summed E-state index contributed by atoms with van der Waals surface area (Å²) in [6.45, 7) is 5.14. The second kappa shape index (κ2) is 7.00. The number of aryl methyl sites for hydroxylation is 1. The number of amides is 1. The third-order valence-electron chi connectivity index (χ3n) is 6.26. The molecule has 1 aliphatic heterocycles. The first-order valence-corrected chi connectivity index (χ1v) is 9.73. The van der Waals surface area contributed by atoms with Gasteiger partial charge in [0, 0.05) is 50.7 Å². The predicted molar refractivity (Wildman–Crippen MR) is 103 cm³/mol. The number of hydrogen-bond acceptors (Lipinski definition) is 4. The molecule has 1 aromatic heterocycles. The number of carbonyl (C=O) groups is 1. The lowest BCUT2D eigenvalue weighted by Gasteiger charge is -2.45. The van der Waals surface area contributed by atoms with Crippen LogP contribution in [0.4, 0.5) is 0 Å². The fraction of sp³-hybridized carbons (Fsp3) is 0.600. The zero-order valence-corrected chi connectivity index (χ0v) is 15.9. The molecule has 1 amide bonds. The van der Waals surface area contributed by atoms with Crippen LogP contribution in [0.25, 0.3) is 10.9 Å². The fourth-order valence-electron chi connectivity index (χ4n) is 4.63. The van der Waals surface area contributed by atoms with Gasteiger partial charge in [-0.1, -0.05) is 31.0 Å². The van der Waals surface area contributed by atoms with Crippen LogP contribution in [0.15, 0.2) is 24.3 Å². The summed E-state index contributed by atoms with van der Waals surface area (Å²) < 4.78 is 1.79. The van der Waals surface area contributed by atoms with Crippen LogP contribution in [0.3, 0.4) is 0 Å². The minimum atomic E-state index is -0.0535.